The van der Waals surface area contributed by atoms with E-state index in [1.165, 1.54) is 11.1 Å². The summed E-state index contributed by atoms with van der Waals surface area (Å²) < 4.78 is 0. The van der Waals surface area contributed by atoms with Crippen molar-refractivity contribution in [1.82, 2.24) is 20.4 Å². The Balaban J connectivity index is 0.00000363. The number of nitrogens with one attached hydrogen (secondary N) is 2. The summed E-state index contributed by atoms with van der Waals surface area (Å²) in [4.78, 5) is 20.5. The van der Waals surface area contributed by atoms with E-state index in [0.717, 1.165) is 31.6 Å². The molecule has 3 N–H and O–H groups in total. The Morgan fingerprint density at radius 2 is 1.78 bits per heavy atom. The van der Waals surface area contributed by atoms with E-state index in [1.807, 2.05) is 42.5 Å². The predicted molar refractivity (Wildman–Crippen MR) is 139 cm³/mol. The molecule has 1 unspecified atom stereocenters. The molecular weight excluding hydrogens is 517 g/mol. The molecular formula is C24H34IN5O2. The van der Waals surface area contributed by atoms with Crippen LogP contribution in [0.5, 0.6) is 0 Å². The maximum Gasteiger partial charge on any atom is 0.241 e. The first-order valence-corrected chi connectivity index (χ1v) is 10.7. The lowest BCUT2D eigenvalue weighted by atomic mass is 10.1. The number of aliphatic hydroxyl groups excluding tert-OH is 1. The van der Waals surface area contributed by atoms with Crippen LogP contribution in [0, 0.1) is 0 Å². The second-order valence-electron chi connectivity index (χ2n) is 8.09. The summed E-state index contributed by atoms with van der Waals surface area (Å²) in [6.45, 7) is 3.77. The fourth-order valence-corrected chi connectivity index (χ4v) is 3.51. The van der Waals surface area contributed by atoms with Gasteiger partial charge in [-0.2, -0.15) is 0 Å². The molecule has 1 atom stereocenters. The number of benzene rings is 2. The summed E-state index contributed by atoms with van der Waals surface area (Å²) in [5.41, 5.74) is 3.52. The van der Waals surface area contributed by atoms with E-state index in [1.54, 1.807) is 19.0 Å². The Morgan fingerprint density at radius 3 is 2.44 bits per heavy atom. The number of likely N-dealkylation sites (N-methyl/N-ethyl adjacent to an activating group) is 1. The lowest BCUT2D eigenvalue weighted by Gasteiger charge is -2.19. The average molecular weight is 551 g/mol. The third kappa shape index (κ3) is 8.40. The van der Waals surface area contributed by atoms with E-state index in [4.69, 9.17) is 0 Å². The molecule has 7 nitrogen and oxygen atoms in total. The second-order valence-corrected chi connectivity index (χ2v) is 8.09. The number of amides is 1. The van der Waals surface area contributed by atoms with Crippen LogP contribution in [0.2, 0.25) is 0 Å². The van der Waals surface area contributed by atoms with Gasteiger partial charge in [-0.15, -0.1) is 24.0 Å². The van der Waals surface area contributed by atoms with Gasteiger partial charge >= 0.3 is 0 Å². The second kappa shape index (κ2) is 13.4. The average Bonchev–Trinajstić information content (AvgIpc) is 3.19. The first-order chi connectivity index (χ1) is 15.0. The van der Waals surface area contributed by atoms with E-state index in [0.29, 0.717) is 19.0 Å². The lowest BCUT2D eigenvalue weighted by Crippen LogP contribution is -2.42. The van der Waals surface area contributed by atoms with Crippen molar-refractivity contribution in [2.45, 2.75) is 32.2 Å². The summed E-state index contributed by atoms with van der Waals surface area (Å²) in [5.74, 6) is 0.590. The summed E-state index contributed by atoms with van der Waals surface area (Å²) in [6, 6.07) is 18.3. The number of likely N-dealkylation sites (tertiary alicyclic amines) is 1. The third-order valence-corrected chi connectivity index (χ3v) is 5.37. The number of rotatable bonds is 8. The number of aliphatic hydroxyl groups is 1. The smallest absolute Gasteiger partial charge is 0.241 e. The number of hydrogen-bond acceptors (Lipinski definition) is 4. The Kier molecular flexibility index (Phi) is 10.9. The molecule has 1 amide bonds. The molecule has 1 heterocycles. The topological polar surface area (TPSA) is 80.2 Å². The first-order valence-electron chi connectivity index (χ1n) is 10.7. The van der Waals surface area contributed by atoms with Crippen molar-refractivity contribution in [3.8, 4) is 0 Å². The standard InChI is InChI=1S/C24H33N5O2.HI/c1-28(2)23(31)16-27-24(25-14-19-8-4-3-5-9-19)26-15-20-10-6-7-11-21(20)17-29-13-12-22(30)18-29;/h3-11,22,30H,12-18H2,1-2H3,(H2,25,26,27);1H. The minimum Gasteiger partial charge on any atom is -0.392 e. The number of nitrogens with zero attached hydrogens (tertiary/aromatic N) is 3. The summed E-state index contributed by atoms with van der Waals surface area (Å²) in [6.07, 6.45) is 0.612. The van der Waals surface area contributed by atoms with Gasteiger partial charge in [0.15, 0.2) is 5.96 Å². The molecule has 8 heteroatoms. The molecule has 1 aliphatic rings. The molecule has 32 heavy (non-hydrogen) atoms. The quantitative estimate of drug-likeness (QED) is 0.267. The zero-order chi connectivity index (χ0) is 22.1. The molecule has 0 saturated carbocycles. The third-order valence-electron chi connectivity index (χ3n) is 5.37. The largest absolute Gasteiger partial charge is 0.392 e. The Labute approximate surface area is 207 Å². The fourth-order valence-electron chi connectivity index (χ4n) is 3.51. The molecule has 2 aromatic rings. The van der Waals surface area contributed by atoms with Gasteiger partial charge in [0, 0.05) is 40.3 Å². The van der Waals surface area contributed by atoms with Gasteiger partial charge in [-0.3, -0.25) is 9.69 Å². The molecule has 0 spiro atoms. The summed E-state index contributed by atoms with van der Waals surface area (Å²) in [5, 5.41) is 16.3. The van der Waals surface area contributed by atoms with E-state index in [-0.39, 0.29) is 42.5 Å². The maximum absolute atomic E-state index is 12.0. The van der Waals surface area contributed by atoms with Crippen LogP contribution in [0.4, 0.5) is 0 Å². The van der Waals surface area contributed by atoms with Crippen molar-refractivity contribution in [3.05, 3.63) is 71.3 Å². The number of aliphatic imine (C=N–C) groups is 1. The van der Waals surface area contributed by atoms with Crippen LogP contribution < -0.4 is 10.6 Å². The van der Waals surface area contributed by atoms with Crippen molar-refractivity contribution in [3.63, 3.8) is 0 Å². The van der Waals surface area contributed by atoms with Gasteiger partial charge in [0.1, 0.15) is 0 Å². The highest BCUT2D eigenvalue weighted by Crippen LogP contribution is 2.16. The lowest BCUT2D eigenvalue weighted by molar-refractivity contribution is -0.127. The predicted octanol–water partition coefficient (Wildman–Crippen LogP) is 2.19. The van der Waals surface area contributed by atoms with Gasteiger partial charge in [-0.05, 0) is 23.1 Å². The van der Waals surface area contributed by atoms with Gasteiger partial charge in [0.25, 0.3) is 0 Å². The normalized spacial score (nSPS) is 16.3. The van der Waals surface area contributed by atoms with Crippen molar-refractivity contribution in [1.29, 1.82) is 0 Å². The van der Waals surface area contributed by atoms with Crippen molar-refractivity contribution in [2.75, 3.05) is 33.7 Å². The summed E-state index contributed by atoms with van der Waals surface area (Å²) >= 11 is 0. The minimum atomic E-state index is -0.222. The summed E-state index contributed by atoms with van der Waals surface area (Å²) in [7, 11) is 3.48. The number of carbonyl (C=O) groups excluding carboxylic acids is 1. The SMILES string of the molecule is CN(C)C(=O)CNC(=NCc1ccccc1)NCc1ccccc1CN1CCC(O)C1.I. The van der Waals surface area contributed by atoms with Gasteiger partial charge in [-0.1, -0.05) is 54.6 Å². The van der Waals surface area contributed by atoms with Gasteiger partial charge in [0.2, 0.25) is 5.91 Å². The Bertz CT molecular complexity index is 876. The number of carbonyl (C=O) groups is 1. The minimum absolute atomic E-state index is 0. The zero-order valence-electron chi connectivity index (χ0n) is 18.8. The van der Waals surface area contributed by atoms with Crippen LogP contribution in [-0.4, -0.2) is 66.6 Å². The van der Waals surface area contributed by atoms with Crippen LogP contribution in [0.25, 0.3) is 0 Å². The van der Waals surface area contributed by atoms with Crippen LogP contribution in [0.15, 0.2) is 59.6 Å². The molecule has 2 aromatic carbocycles. The highest BCUT2D eigenvalue weighted by Gasteiger charge is 2.20. The molecule has 0 aliphatic carbocycles. The Morgan fingerprint density at radius 1 is 1.09 bits per heavy atom. The van der Waals surface area contributed by atoms with Crippen LogP contribution in [-0.2, 0) is 24.4 Å². The van der Waals surface area contributed by atoms with Crippen molar-refractivity contribution < 1.29 is 9.90 Å². The first kappa shape index (κ1) is 26.1. The number of guanidine groups is 1. The van der Waals surface area contributed by atoms with Crippen LogP contribution in [0.1, 0.15) is 23.1 Å². The van der Waals surface area contributed by atoms with Crippen molar-refractivity contribution >= 4 is 35.8 Å². The molecule has 174 valence electrons. The fraction of sp³-hybridized carbons (Fsp3) is 0.417. The zero-order valence-corrected chi connectivity index (χ0v) is 21.2. The maximum atomic E-state index is 12.0. The van der Waals surface area contributed by atoms with Gasteiger partial charge < -0.3 is 20.6 Å². The van der Waals surface area contributed by atoms with E-state index in [9.17, 15) is 9.90 Å². The molecule has 1 fully saturated rings. The number of β-amino-alcohol motifs (C(OH)–C–C–N with tert-alkyl or cyclic N) is 1. The highest BCUT2D eigenvalue weighted by atomic mass is 127. The number of halogens is 1. The van der Waals surface area contributed by atoms with Gasteiger partial charge in [-0.25, -0.2) is 4.99 Å². The van der Waals surface area contributed by atoms with Gasteiger partial charge in [0.05, 0.1) is 19.2 Å². The number of hydrogen-bond donors (Lipinski definition) is 3. The molecule has 0 aromatic heterocycles. The van der Waals surface area contributed by atoms with Crippen molar-refractivity contribution in [2.24, 2.45) is 4.99 Å². The van der Waals surface area contributed by atoms with E-state index in [2.05, 4.69) is 32.7 Å². The molecule has 0 bridgehead atoms. The highest BCUT2D eigenvalue weighted by molar-refractivity contribution is 14.0. The Hall–Kier alpha value is -2.17. The molecule has 1 aliphatic heterocycles. The molecule has 3 rings (SSSR count). The van der Waals surface area contributed by atoms with Crippen LogP contribution in [0.3, 0.4) is 0 Å². The van der Waals surface area contributed by atoms with Crippen LogP contribution >= 0.6 is 24.0 Å². The molecule has 1 saturated heterocycles. The van der Waals surface area contributed by atoms with E-state index < -0.39 is 0 Å². The van der Waals surface area contributed by atoms with E-state index >= 15 is 0 Å². The monoisotopic (exact) mass is 551 g/mol. The molecule has 0 radical (unpaired) electrons.